The van der Waals surface area contributed by atoms with Gasteiger partial charge >= 0.3 is 11.9 Å². The first-order chi connectivity index (χ1) is 11.4. The molecule has 1 aromatic heterocycles. The van der Waals surface area contributed by atoms with Crippen molar-refractivity contribution in [1.82, 2.24) is 0 Å². The van der Waals surface area contributed by atoms with E-state index in [1.54, 1.807) is 18.2 Å². The third-order valence-electron chi connectivity index (χ3n) is 3.38. The summed E-state index contributed by atoms with van der Waals surface area (Å²) in [5.41, 5.74) is 2.52. The number of furan rings is 1. The van der Waals surface area contributed by atoms with Gasteiger partial charge in [-0.3, -0.25) is 4.79 Å². The summed E-state index contributed by atoms with van der Waals surface area (Å²) < 4.78 is 15.5. The van der Waals surface area contributed by atoms with Gasteiger partial charge in [-0.1, -0.05) is 0 Å². The SMILES string of the molecule is CC(=O)Oc1c(C)cc(/C=C2\N=C(c3ccco3)OC2=O)cc1C. The van der Waals surface area contributed by atoms with Crippen molar-refractivity contribution < 1.29 is 23.5 Å². The van der Waals surface area contributed by atoms with Crippen molar-refractivity contribution in [3.8, 4) is 5.75 Å². The monoisotopic (exact) mass is 325 g/mol. The van der Waals surface area contributed by atoms with E-state index in [9.17, 15) is 9.59 Å². The molecule has 0 amide bonds. The molecule has 0 atom stereocenters. The Kier molecular flexibility index (Phi) is 4.04. The first-order valence-electron chi connectivity index (χ1n) is 7.30. The number of benzene rings is 1. The van der Waals surface area contributed by atoms with Crippen LogP contribution in [0, 0.1) is 13.8 Å². The van der Waals surface area contributed by atoms with E-state index in [0.29, 0.717) is 11.5 Å². The first kappa shape index (κ1) is 15.7. The molecule has 0 unspecified atom stereocenters. The van der Waals surface area contributed by atoms with Crippen molar-refractivity contribution in [3.63, 3.8) is 0 Å². The molecule has 24 heavy (non-hydrogen) atoms. The number of nitrogens with zero attached hydrogens (tertiary/aromatic N) is 1. The predicted molar refractivity (Wildman–Crippen MR) is 86.5 cm³/mol. The summed E-state index contributed by atoms with van der Waals surface area (Å²) >= 11 is 0. The van der Waals surface area contributed by atoms with Gasteiger partial charge in [0.25, 0.3) is 5.90 Å². The number of hydrogen-bond acceptors (Lipinski definition) is 6. The van der Waals surface area contributed by atoms with E-state index < -0.39 is 5.97 Å². The highest BCUT2D eigenvalue weighted by Crippen LogP contribution is 2.27. The Bertz CT molecular complexity index is 852. The zero-order valence-electron chi connectivity index (χ0n) is 13.5. The van der Waals surface area contributed by atoms with Crippen molar-refractivity contribution in [2.24, 2.45) is 4.99 Å². The van der Waals surface area contributed by atoms with Crippen molar-refractivity contribution in [2.45, 2.75) is 20.8 Å². The highest BCUT2D eigenvalue weighted by atomic mass is 16.6. The smallest absolute Gasteiger partial charge is 0.363 e. The van der Waals surface area contributed by atoms with E-state index in [1.807, 2.05) is 26.0 Å². The topological polar surface area (TPSA) is 78.1 Å². The number of rotatable bonds is 3. The average Bonchev–Trinajstić information content (AvgIpc) is 3.13. The van der Waals surface area contributed by atoms with Gasteiger partial charge in [-0.2, -0.15) is 0 Å². The van der Waals surface area contributed by atoms with E-state index >= 15 is 0 Å². The van der Waals surface area contributed by atoms with Gasteiger partial charge in [0.1, 0.15) is 5.75 Å². The molecule has 0 aliphatic carbocycles. The molecule has 2 heterocycles. The molecule has 0 N–H and O–H groups in total. The molecule has 3 rings (SSSR count). The molecule has 6 heteroatoms. The van der Waals surface area contributed by atoms with Crippen molar-refractivity contribution in [1.29, 1.82) is 0 Å². The van der Waals surface area contributed by atoms with Crippen molar-refractivity contribution in [2.75, 3.05) is 0 Å². The Morgan fingerprint density at radius 1 is 1.25 bits per heavy atom. The maximum atomic E-state index is 12.0. The lowest BCUT2D eigenvalue weighted by Crippen LogP contribution is -2.05. The molecule has 1 aliphatic rings. The number of esters is 2. The second kappa shape index (κ2) is 6.16. The molecule has 0 saturated heterocycles. The molecule has 6 nitrogen and oxygen atoms in total. The fourth-order valence-electron chi connectivity index (χ4n) is 2.44. The Morgan fingerprint density at radius 2 is 1.96 bits per heavy atom. The molecular weight excluding hydrogens is 310 g/mol. The fourth-order valence-corrected chi connectivity index (χ4v) is 2.44. The lowest BCUT2D eigenvalue weighted by atomic mass is 10.0. The van der Waals surface area contributed by atoms with Gasteiger partial charge in [0.05, 0.1) is 6.26 Å². The summed E-state index contributed by atoms with van der Waals surface area (Å²) in [6.07, 6.45) is 3.10. The van der Waals surface area contributed by atoms with Gasteiger partial charge in [0.2, 0.25) is 0 Å². The molecule has 1 aliphatic heterocycles. The third-order valence-corrected chi connectivity index (χ3v) is 3.38. The minimum Gasteiger partial charge on any atom is -0.459 e. The minimum absolute atomic E-state index is 0.140. The second-order valence-corrected chi connectivity index (χ2v) is 5.39. The zero-order valence-corrected chi connectivity index (χ0v) is 13.5. The van der Waals surface area contributed by atoms with Crippen LogP contribution in [0.4, 0.5) is 0 Å². The quantitative estimate of drug-likeness (QED) is 0.492. The molecule has 0 fully saturated rings. The lowest BCUT2D eigenvalue weighted by molar-refractivity contribution is -0.132. The summed E-state index contributed by atoms with van der Waals surface area (Å²) in [4.78, 5) is 27.3. The van der Waals surface area contributed by atoms with Gasteiger partial charge in [0.15, 0.2) is 11.5 Å². The van der Waals surface area contributed by atoms with Crippen LogP contribution in [0.1, 0.15) is 29.4 Å². The summed E-state index contributed by atoms with van der Waals surface area (Å²) in [6.45, 7) is 5.02. The molecule has 0 saturated carbocycles. The molecule has 2 aromatic rings. The average molecular weight is 325 g/mol. The first-order valence-corrected chi connectivity index (χ1v) is 7.30. The Balaban J connectivity index is 1.94. The van der Waals surface area contributed by atoms with Crippen LogP contribution in [0.5, 0.6) is 5.75 Å². The van der Waals surface area contributed by atoms with Crippen LogP contribution in [-0.2, 0) is 14.3 Å². The molecule has 0 bridgehead atoms. The van der Waals surface area contributed by atoms with E-state index in [-0.39, 0.29) is 17.6 Å². The van der Waals surface area contributed by atoms with Gasteiger partial charge in [-0.05, 0) is 60.9 Å². The number of aliphatic imine (C=N–C) groups is 1. The highest BCUT2D eigenvalue weighted by molar-refractivity contribution is 6.11. The third kappa shape index (κ3) is 3.12. The van der Waals surface area contributed by atoms with Crippen LogP contribution in [0.15, 0.2) is 45.6 Å². The van der Waals surface area contributed by atoms with Gasteiger partial charge in [0, 0.05) is 6.92 Å². The highest BCUT2D eigenvalue weighted by Gasteiger charge is 2.25. The lowest BCUT2D eigenvalue weighted by Gasteiger charge is -2.10. The van der Waals surface area contributed by atoms with Crippen LogP contribution >= 0.6 is 0 Å². The minimum atomic E-state index is -0.541. The number of carbonyl (C=O) groups is 2. The molecule has 122 valence electrons. The number of cyclic esters (lactones) is 1. The number of carbonyl (C=O) groups excluding carboxylic acids is 2. The molecule has 0 radical (unpaired) electrons. The Morgan fingerprint density at radius 3 is 2.54 bits per heavy atom. The Labute approximate surface area is 138 Å². The van der Waals surface area contributed by atoms with Crippen LogP contribution < -0.4 is 4.74 Å². The van der Waals surface area contributed by atoms with E-state index in [2.05, 4.69) is 4.99 Å². The fraction of sp³-hybridized carbons (Fsp3) is 0.167. The summed E-state index contributed by atoms with van der Waals surface area (Å²) in [5, 5.41) is 0. The van der Waals surface area contributed by atoms with Crippen molar-refractivity contribution >= 4 is 23.9 Å². The maximum Gasteiger partial charge on any atom is 0.363 e. The van der Waals surface area contributed by atoms with E-state index in [4.69, 9.17) is 13.9 Å². The summed E-state index contributed by atoms with van der Waals surface area (Å²) in [5.74, 6) is 0.143. The normalized spacial score (nSPS) is 15.4. The van der Waals surface area contributed by atoms with Gasteiger partial charge in [-0.15, -0.1) is 0 Å². The molecular formula is C18H15NO5. The second-order valence-electron chi connectivity index (χ2n) is 5.39. The van der Waals surface area contributed by atoms with Gasteiger partial charge in [-0.25, -0.2) is 9.79 Å². The number of ether oxygens (including phenoxy) is 2. The number of aryl methyl sites for hydroxylation is 2. The van der Waals surface area contributed by atoms with Crippen LogP contribution in [0.3, 0.4) is 0 Å². The van der Waals surface area contributed by atoms with E-state index in [1.165, 1.54) is 13.2 Å². The summed E-state index contributed by atoms with van der Waals surface area (Å²) in [7, 11) is 0. The standard InChI is InChI=1S/C18H15NO5/c1-10-7-13(8-11(2)16(10)23-12(3)20)9-14-18(21)24-17(19-14)15-5-4-6-22-15/h4-9H,1-3H3/b14-9-. The van der Waals surface area contributed by atoms with E-state index in [0.717, 1.165) is 16.7 Å². The van der Waals surface area contributed by atoms with Crippen LogP contribution in [-0.4, -0.2) is 17.8 Å². The zero-order chi connectivity index (χ0) is 17.3. The molecule has 1 aromatic carbocycles. The molecule has 0 spiro atoms. The van der Waals surface area contributed by atoms with Crippen LogP contribution in [0.2, 0.25) is 0 Å². The maximum absolute atomic E-state index is 12.0. The number of hydrogen-bond donors (Lipinski definition) is 0. The van der Waals surface area contributed by atoms with Crippen molar-refractivity contribution in [3.05, 3.63) is 58.7 Å². The Hall–Kier alpha value is -3.15. The predicted octanol–water partition coefficient (Wildman–Crippen LogP) is 3.17. The largest absolute Gasteiger partial charge is 0.459 e. The van der Waals surface area contributed by atoms with Gasteiger partial charge < -0.3 is 13.9 Å². The summed E-state index contributed by atoms with van der Waals surface area (Å²) in [6, 6.07) is 6.98. The van der Waals surface area contributed by atoms with Crippen LogP contribution in [0.25, 0.3) is 6.08 Å².